The largest absolute Gasteiger partial charge is 0.464 e. The number of pyridine rings is 1. The first kappa shape index (κ1) is 14.5. The second-order valence-corrected chi connectivity index (χ2v) is 4.55. The molecule has 2 rings (SSSR count). The van der Waals surface area contributed by atoms with Crippen LogP contribution in [0, 0.1) is 0 Å². The summed E-state index contributed by atoms with van der Waals surface area (Å²) in [5.74, 6) is 0.0616. The summed E-state index contributed by atoms with van der Waals surface area (Å²) in [6, 6.07) is 3.19. The minimum absolute atomic E-state index is 0.0528. The van der Waals surface area contributed by atoms with E-state index in [4.69, 9.17) is 15.2 Å². The quantitative estimate of drug-likeness (QED) is 0.794. The molecule has 1 aliphatic heterocycles. The van der Waals surface area contributed by atoms with Gasteiger partial charge in [0.15, 0.2) is 11.5 Å². The van der Waals surface area contributed by atoms with E-state index in [1.165, 1.54) is 7.11 Å². The van der Waals surface area contributed by atoms with E-state index in [2.05, 4.69) is 9.72 Å². The van der Waals surface area contributed by atoms with E-state index in [1.807, 2.05) is 4.90 Å². The molecule has 20 heavy (non-hydrogen) atoms. The lowest BCUT2D eigenvalue weighted by molar-refractivity contribution is -0.00461. The Kier molecular flexibility index (Phi) is 4.41. The van der Waals surface area contributed by atoms with Crippen molar-refractivity contribution in [1.29, 1.82) is 0 Å². The zero-order chi connectivity index (χ0) is 14.7. The molecule has 0 aliphatic carbocycles. The number of rotatable bonds is 4. The highest BCUT2D eigenvalue weighted by molar-refractivity contribution is 5.88. The molecule has 0 saturated carbocycles. The van der Waals surface area contributed by atoms with E-state index in [-0.39, 0.29) is 17.9 Å². The Morgan fingerprint density at radius 2 is 1.85 bits per heavy atom. The molecular weight excluding hydrogens is 262 g/mol. The highest BCUT2D eigenvalue weighted by atomic mass is 16.5. The summed E-state index contributed by atoms with van der Waals surface area (Å²) in [6.07, 6.45) is -0.106. The van der Waals surface area contributed by atoms with E-state index in [9.17, 15) is 4.79 Å². The van der Waals surface area contributed by atoms with Crippen LogP contribution in [0.4, 0.5) is 11.5 Å². The highest BCUT2D eigenvalue weighted by Gasteiger charge is 2.34. The van der Waals surface area contributed by atoms with Gasteiger partial charge in [0.05, 0.1) is 12.8 Å². The van der Waals surface area contributed by atoms with Gasteiger partial charge in [0.2, 0.25) is 0 Å². The number of nitrogen functional groups attached to an aromatic ring is 1. The second kappa shape index (κ2) is 6.06. The summed E-state index contributed by atoms with van der Waals surface area (Å²) in [5, 5.41) is 0. The van der Waals surface area contributed by atoms with Gasteiger partial charge in [-0.1, -0.05) is 0 Å². The number of hydrogen-bond acceptors (Lipinski definition) is 7. The molecule has 2 heterocycles. The summed E-state index contributed by atoms with van der Waals surface area (Å²) < 4.78 is 15.4. The predicted octanol–water partition coefficient (Wildman–Crippen LogP) is 0.300. The Bertz CT molecular complexity index is 483. The monoisotopic (exact) mass is 281 g/mol. The number of carbonyl (C=O) groups is 1. The van der Waals surface area contributed by atoms with Crippen LogP contribution >= 0.6 is 0 Å². The molecule has 1 aromatic heterocycles. The van der Waals surface area contributed by atoms with E-state index < -0.39 is 5.97 Å². The Balaban J connectivity index is 2.26. The van der Waals surface area contributed by atoms with Crippen LogP contribution in [0.3, 0.4) is 0 Å². The Morgan fingerprint density at radius 3 is 2.35 bits per heavy atom. The van der Waals surface area contributed by atoms with Crippen molar-refractivity contribution >= 4 is 17.5 Å². The lowest BCUT2D eigenvalue weighted by Gasteiger charge is -2.19. The lowest BCUT2D eigenvalue weighted by Crippen LogP contribution is -2.27. The van der Waals surface area contributed by atoms with Crippen molar-refractivity contribution < 1.29 is 19.0 Å². The predicted molar refractivity (Wildman–Crippen MR) is 73.8 cm³/mol. The third-order valence-electron chi connectivity index (χ3n) is 3.42. The first-order valence-corrected chi connectivity index (χ1v) is 6.26. The molecule has 1 aromatic rings. The van der Waals surface area contributed by atoms with Crippen LogP contribution in [0.1, 0.15) is 10.5 Å². The van der Waals surface area contributed by atoms with Gasteiger partial charge in [0.1, 0.15) is 12.2 Å². The summed E-state index contributed by atoms with van der Waals surface area (Å²) in [7, 11) is 4.60. The second-order valence-electron chi connectivity index (χ2n) is 4.55. The van der Waals surface area contributed by atoms with Gasteiger partial charge in [-0.2, -0.15) is 0 Å². The number of anilines is 2. The normalized spacial score (nSPS) is 22.1. The molecule has 110 valence electrons. The fraction of sp³-hybridized carbons (Fsp3) is 0.538. The van der Waals surface area contributed by atoms with Crippen LogP contribution in [0.2, 0.25) is 0 Å². The smallest absolute Gasteiger partial charge is 0.356 e. The molecule has 2 unspecified atom stereocenters. The van der Waals surface area contributed by atoms with Crippen molar-refractivity contribution in [2.45, 2.75) is 12.2 Å². The molecule has 0 radical (unpaired) electrons. The summed E-state index contributed by atoms with van der Waals surface area (Å²) >= 11 is 0. The fourth-order valence-corrected chi connectivity index (χ4v) is 2.30. The third kappa shape index (κ3) is 2.68. The molecule has 0 amide bonds. The van der Waals surface area contributed by atoms with Crippen molar-refractivity contribution in [1.82, 2.24) is 4.98 Å². The lowest BCUT2D eigenvalue weighted by atomic mass is 10.3. The van der Waals surface area contributed by atoms with Gasteiger partial charge in [-0.05, 0) is 12.1 Å². The van der Waals surface area contributed by atoms with Crippen LogP contribution in [0.25, 0.3) is 0 Å². The van der Waals surface area contributed by atoms with Crippen LogP contribution in [-0.4, -0.2) is 57.6 Å². The van der Waals surface area contributed by atoms with Gasteiger partial charge in [-0.25, -0.2) is 9.78 Å². The van der Waals surface area contributed by atoms with Gasteiger partial charge in [-0.15, -0.1) is 0 Å². The maximum atomic E-state index is 11.5. The first-order valence-electron chi connectivity index (χ1n) is 6.26. The number of ether oxygens (including phenoxy) is 3. The van der Waals surface area contributed by atoms with Crippen molar-refractivity contribution in [3.8, 4) is 0 Å². The van der Waals surface area contributed by atoms with Crippen molar-refractivity contribution in [3.05, 3.63) is 17.8 Å². The molecule has 2 atom stereocenters. The maximum Gasteiger partial charge on any atom is 0.356 e. The molecule has 0 spiro atoms. The average Bonchev–Trinajstić information content (AvgIpc) is 2.90. The molecule has 2 N–H and O–H groups in total. The topological polar surface area (TPSA) is 86.9 Å². The number of hydrogen-bond donors (Lipinski definition) is 1. The fourth-order valence-electron chi connectivity index (χ4n) is 2.30. The van der Waals surface area contributed by atoms with Crippen molar-refractivity contribution in [2.75, 3.05) is 45.1 Å². The van der Waals surface area contributed by atoms with Crippen LogP contribution in [0.15, 0.2) is 12.1 Å². The average molecular weight is 281 g/mol. The maximum absolute atomic E-state index is 11.5. The van der Waals surface area contributed by atoms with Gasteiger partial charge >= 0.3 is 5.97 Å². The molecular formula is C13H19N3O4. The first-order chi connectivity index (χ1) is 9.60. The zero-order valence-electron chi connectivity index (χ0n) is 11.8. The number of nitrogens with zero attached hydrogens (tertiary/aromatic N) is 2. The Morgan fingerprint density at radius 1 is 1.25 bits per heavy atom. The summed E-state index contributed by atoms with van der Waals surface area (Å²) in [6.45, 7) is 1.22. The van der Waals surface area contributed by atoms with Gasteiger partial charge in [0.25, 0.3) is 0 Å². The standard InChI is InChI=1S/C13H19N3O4/c1-18-10-6-16(7-11(10)19-2)12-8(14)4-5-9(15-12)13(17)20-3/h4-5,10-11H,6-7,14H2,1-3H3. The summed E-state index contributed by atoms with van der Waals surface area (Å²) in [5.41, 5.74) is 6.68. The van der Waals surface area contributed by atoms with E-state index >= 15 is 0 Å². The molecule has 0 bridgehead atoms. The van der Waals surface area contributed by atoms with Crippen molar-refractivity contribution in [2.24, 2.45) is 0 Å². The minimum atomic E-state index is -0.489. The highest BCUT2D eigenvalue weighted by Crippen LogP contribution is 2.27. The Labute approximate surface area is 117 Å². The number of esters is 1. The van der Waals surface area contributed by atoms with Crippen molar-refractivity contribution in [3.63, 3.8) is 0 Å². The number of aromatic nitrogens is 1. The zero-order valence-corrected chi connectivity index (χ0v) is 11.8. The molecule has 1 aliphatic rings. The Hall–Kier alpha value is -1.86. The van der Waals surface area contributed by atoms with Crippen LogP contribution < -0.4 is 10.6 Å². The molecule has 1 saturated heterocycles. The van der Waals surface area contributed by atoms with Crippen LogP contribution in [-0.2, 0) is 14.2 Å². The van der Waals surface area contributed by atoms with Gasteiger partial charge < -0.3 is 24.8 Å². The number of carbonyl (C=O) groups excluding carboxylic acids is 1. The van der Waals surface area contributed by atoms with E-state index in [1.54, 1.807) is 26.4 Å². The number of methoxy groups -OCH3 is 3. The van der Waals surface area contributed by atoms with Gasteiger partial charge in [-0.3, -0.25) is 0 Å². The molecule has 7 heteroatoms. The third-order valence-corrected chi connectivity index (χ3v) is 3.42. The van der Waals surface area contributed by atoms with E-state index in [0.717, 1.165) is 0 Å². The molecule has 0 aromatic carbocycles. The molecule has 1 fully saturated rings. The minimum Gasteiger partial charge on any atom is -0.464 e. The van der Waals surface area contributed by atoms with Gasteiger partial charge in [0, 0.05) is 27.3 Å². The SMILES string of the molecule is COC(=O)c1ccc(N)c(N2CC(OC)C(OC)C2)n1. The number of nitrogens with two attached hydrogens (primary N) is 1. The molecule has 7 nitrogen and oxygen atoms in total. The van der Waals surface area contributed by atoms with Crippen LogP contribution in [0.5, 0.6) is 0 Å². The van der Waals surface area contributed by atoms with E-state index in [0.29, 0.717) is 24.6 Å². The summed E-state index contributed by atoms with van der Waals surface area (Å²) in [4.78, 5) is 17.8.